The van der Waals surface area contributed by atoms with Gasteiger partial charge in [0, 0.05) is 0 Å². The molecule has 1 atom stereocenters. The molecular weight excluding hydrogens is 204 g/mol. The van der Waals surface area contributed by atoms with Crippen LogP contribution < -0.4 is 4.74 Å². The normalized spacial score (nSPS) is 12.4. The summed E-state index contributed by atoms with van der Waals surface area (Å²) in [4.78, 5) is 0. The number of unbranched alkanes of at least 4 members (excludes halogenated alkanes) is 2. The summed E-state index contributed by atoms with van der Waals surface area (Å²) in [6.45, 7) is 2.13. The molecule has 90 valence electrons. The van der Waals surface area contributed by atoms with Crippen LogP contribution in [0.3, 0.4) is 0 Å². The van der Waals surface area contributed by atoms with Gasteiger partial charge in [0.05, 0.1) is 13.2 Å². The van der Waals surface area contributed by atoms with Crippen molar-refractivity contribution in [1.82, 2.24) is 0 Å². The lowest BCUT2D eigenvalue weighted by molar-refractivity contribution is 0.163. The van der Waals surface area contributed by atoms with Crippen molar-refractivity contribution in [2.45, 2.75) is 38.7 Å². The first-order chi connectivity index (χ1) is 7.69. The van der Waals surface area contributed by atoms with E-state index in [1.807, 2.05) is 0 Å². The van der Waals surface area contributed by atoms with E-state index in [2.05, 4.69) is 6.92 Å². The monoisotopic (exact) mass is 224 g/mol. The van der Waals surface area contributed by atoms with E-state index in [0.717, 1.165) is 31.2 Å². The first-order valence-electron chi connectivity index (χ1n) is 5.74. The molecule has 0 saturated heterocycles. The molecule has 0 aliphatic heterocycles. The molecule has 0 bridgehead atoms. The molecule has 0 radical (unpaired) electrons. The Kier molecular flexibility index (Phi) is 5.12. The molecule has 1 unspecified atom stereocenters. The van der Waals surface area contributed by atoms with Crippen molar-refractivity contribution < 1.29 is 14.9 Å². The Morgan fingerprint density at radius 1 is 1.31 bits per heavy atom. The van der Waals surface area contributed by atoms with Gasteiger partial charge < -0.3 is 14.9 Å². The van der Waals surface area contributed by atoms with E-state index < -0.39 is 6.10 Å². The number of aromatic hydroxyl groups is 1. The number of hydrogen-bond acceptors (Lipinski definition) is 3. The molecule has 0 aliphatic carbocycles. The quantitative estimate of drug-likeness (QED) is 0.730. The fraction of sp³-hybridized carbons (Fsp3) is 0.538. The minimum atomic E-state index is -0.497. The second-order valence-corrected chi connectivity index (χ2v) is 3.94. The molecule has 0 amide bonds. The van der Waals surface area contributed by atoms with E-state index in [-0.39, 0.29) is 5.75 Å². The number of benzene rings is 1. The number of phenols is 1. The van der Waals surface area contributed by atoms with Crippen LogP contribution >= 0.6 is 0 Å². The van der Waals surface area contributed by atoms with Gasteiger partial charge in [-0.2, -0.15) is 0 Å². The Bertz CT molecular complexity index is 323. The highest BCUT2D eigenvalue weighted by atomic mass is 16.5. The topological polar surface area (TPSA) is 49.7 Å². The van der Waals surface area contributed by atoms with E-state index in [0.29, 0.717) is 5.75 Å². The van der Waals surface area contributed by atoms with Crippen LogP contribution in [-0.4, -0.2) is 17.3 Å². The van der Waals surface area contributed by atoms with Gasteiger partial charge >= 0.3 is 0 Å². The van der Waals surface area contributed by atoms with E-state index >= 15 is 0 Å². The van der Waals surface area contributed by atoms with Crippen molar-refractivity contribution in [3.05, 3.63) is 23.8 Å². The zero-order valence-corrected chi connectivity index (χ0v) is 9.94. The molecule has 2 N–H and O–H groups in total. The summed E-state index contributed by atoms with van der Waals surface area (Å²) < 4.78 is 4.95. The molecule has 0 heterocycles. The summed E-state index contributed by atoms with van der Waals surface area (Å²) >= 11 is 0. The molecule has 0 spiro atoms. The van der Waals surface area contributed by atoms with Gasteiger partial charge in [-0.15, -0.1) is 0 Å². The van der Waals surface area contributed by atoms with Crippen molar-refractivity contribution in [2.24, 2.45) is 0 Å². The maximum Gasteiger partial charge on any atom is 0.160 e. The summed E-state index contributed by atoms with van der Waals surface area (Å²) in [5.41, 5.74) is 0.745. The van der Waals surface area contributed by atoms with Crippen molar-refractivity contribution in [3.63, 3.8) is 0 Å². The van der Waals surface area contributed by atoms with Gasteiger partial charge in [-0.1, -0.05) is 32.3 Å². The van der Waals surface area contributed by atoms with Crippen LogP contribution in [0.5, 0.6) is 11.5 Å². The molecule has 3 heteroatoms. The van der Waals surface area contributed by atoms with Crippen LogP contribution in [0.4, 0.5) is 0 Å². The smallest absolute Gasteiger partial charge is 0.160 e. The third-order valence-electron chi connectivity index (χ3n) is 2.67. The summed E-state index contributed by atoms with van der Waals surface area (Å²) in [5.74, 6) is 0.513. The molecule has 0 aromatic heterocycles. The lowest BCUT2D eigenvalue weighted by atomic mass is 10.0. The maximum absolute atomic E-state index is 9.88. The van der Waals surface area contributed by atoms with E-state index in [9.17, 15) is 10.2 Å². The molecule has 1 aromatic rings. The largest absolute Gasteiger partial charge is 0.504 e. The zero-order valence-electron chi connectivity index (χ0n) is 9.94. The number of aliphatic hydroxyl groups excluding tert-OH is 1. The molecule has 1 aromatic carbocycles. The highest BCUT2D eigenvalue weighted by molar-refractivity contribution is 5.42. The lowest BCUT2D eigenvalue weighted by Gasteiger charge is -2.12. The van der Waals surface area contributed by atoms with Crippen molar-refractivity contribution in [3.8, 4) is 11.5 Å². The van der Waals surface area contributed by atoms with Gasteiger partial charge in [-0.3, -0.25) is 0 Å². The Morgan fingerprint density at radius 3 is 2.62 bits per heavy atom. The van der Waals surface area contributed by atoms with Crippen LogP contribution in [0, 0.1) is 0 Å². The van der Waals surface area contributed by atoms with Crippen LogP contribution in [-0.2, 0) is 0 Å². The molecule has 0 aliphatic rings. The Hall–Kier alpha value is -1.22. The summed E-state index contributed by atoms with van der Waals surface area (Å²) in [7, 11) is 1.51. The molecule has 0 saturated carbocycles. The second kappa shape index (κ2) is 6.38. The standard InChI is InChI=1S/C13H20O3/c1-3-4-5-6-11(14)10-7-8-13(16-2)12(15)9-10/h7-9,11,14-15H,3-6H2,1-2H3. The molecule has 0 fully saturated rings. The van der Waals surface area contributed by atoms with Gasteiger partial charge in [-0.25, -0.2) is 0 Å². The number of rotatable bonds is 6. The van der Waals surface area contributed by atoms with E-state index in [1.165, 1.54) is 7.11 Å². The van der Waals surface area contributed by atoms with Crippen molar-refractivity contribution >= 4 is 0 Å². The Labute approximate surface area is 96.7 Å². The highest BCUT2D eigenvalue weighted by Gasteiger charge is 2.10. The van der Waals surface area contributed by atoms with Crippen molar-refractivity contribution in [2.75, 3.05) is 7.11 Å². The molecule has 16 heavy (non-hydrogen) atoms. The minimum Gasteiger partial charge on any atom is -0.504 e. The minimum absolute atomic E-state index is 0.0783. The number of hydrogen-bond donors (Lipinski definition) is 2. The number of phenolic OH excluding ortho intramolecular Hbond substituents is 1. The number of ether oxygens (including phenoxy) is 1. The predicted molar refractivity (Wildman–Crippen MR) is 63.8 cm³/mol. The van der Waals surface area contributed by atoms with E-state index in [4.69, 9.17) is 4.74 Å². The maximum atomic E-state index is 9.88. The third kappa shape index (κ3) is 3.42. The second-order valence-electron chi connectivity index (χ2n) is 3.94. The first kappa shape index (κ1) is 12.8. The summed E-state index contributed by atoms with van der Waals surface area (Å²) in [6, 6.07) is 5.03. The average Bonchev–Trinajstić information content (AvgIpc) is 2.29. The van der Waals surface area contributed by atoms with Crippen molar-refractivity contribution in [1.29, 1.82) is 0 Å². The van der Waals surface area contributed by atoms with Crippen LogP contribution in [0.15, 0.2) is 18.2 Å². The van der Waals surface area contributed by atoms with Crippen LogP contribution in [0.2, 0.25) is 0 Å². The number of aliphatic hydroxyl groups is 1. The third-order valence-corrected chi connectivity index (χ3v) is 2.67. The first-order valence-corrected chi connectivity index (χ1v) is 5.74. The van der Waals surface area contributed by atoms with Gasteiger partial charge in [-0.05, 0) is 24.1 Å². The Balaban J connectivity index is 2.62. The summed E-state index contributed by atoms with van der Waals surface area (Å²) in [6.07, 6.45) is 3.51. The van der Waals surface area contributed by atoms with Gasteiger partial charge in [0.1, 0.15) is 0 Å². The fourth-order valence-corrected chi connectivity index (χ4v) is 1.67. The Morgan fingerprint density at radius 2 is 2.06 bits per heavy atom. The van der Waals surface area contributed by atoms with Crippen LogP contribution in [0.1, 0.15) is 44.3 Å². The average molecular weight is 224 g/mol. The SMILES string of the molecule is CCCCCC(O)c1ccc(OC)c(O)c1. The molecule has 3 nitrogen and oxygen atoms in total. The van der Waals surface area contributed by atoms with E-state index in [1.54, 1.807) is 18.2 Å². The fourth-order valence-electron chi connectivity index (χ4n) is 1.67. The van der Waals surface area contributed by atoms with Crippen LogP contribution in [0.25, 0.3) is 0 Å². The van der Waals surface area contributed by atoms with Gasteiger partial charge in [0.2, 0.25) is 0 Å². The highest BCUT2D eigenvalue weighted by Crippen LogP contribution is 2.30. The molecular formula is C13H20O3. The van der Waals surface area contributed by atoms with Gasteiger partial charge in [0.25, 0.3) is 0 Å². The molecule has 1 rings (SSSR count). The van der Waals surface area contributed by atoms with Gasteiger partial charge in [0.15, 0.2) is 11.5 Å². The number of methoxy groups -OCH3 is 1. The predicted octanol–water partition coefficient (Wildman–Crippen LogP) is 3.01. The summed E-state index contributed by atoms with van der Waals surface area (Å²) in [5, 5.41) is 19.5. The zero-order chi connectivity index (χ0) is 12.0. The lowest BCUT2D eigenvalue weighted by Crippen LogP contribution is -1.97.